The van der Waals surface area contributed by atoms with Crippen molar-refractivity contribution in [3.05, 3.63) is 55.5 Å². The minimum atomic E-state index is -0.489. The van der Waals surface area contributed by atoms with Gasteiger partial charge in [-0.2, -0.15) is 0 Å². The smallest absolute Gasteiger partial charge is 0.298 e. The van der Waals surface area contributed by atoms with Crippen molar-refractivity contribution in [2.75, 3.05) is 0 Å². The number of fused-ring (bicyclic) bond motifs is 1. The molecule has 3 aromatic rings. The molecule has 4 nitrogen and oxygen atoms in total. The van der Waals surface area contributed by atoms with E-state index in [1.165, 1.54) is 11.3 Å². The number of benzene rings is 1. The summed E-state index contributed by atoms with van der Waals surface area (Å²) in [4.78, 5) is 28.4. The molecule has 0 saturated heterocycles. The topological polar surface area (TPSA) is 65.7 Å². The first kappa shape index (κ1) is 11.3. The minimum absolute atomic E-state index is 0.375. The number of nitrogens with one attached hydrogen (secondary N) is 2. The Morgan fingerprint density at radius 2 is 1.78 bits per heavy atom. The fourth-order valence-electron chi connectivity index (χ4n) is 1.82. The molecule has 0 unspecified atom stereocenters. The number of H-pyrrole nitrogens is 2. The molecule has 0 aliphatic heterocycles. The van der Waals surface area contributed by atoms with Gasteiger partial charge in [0.05, 0.1) is 5.39 Å². The molecule has 6 heteroatoms. The number of aromatic amines is 2. The average Bonchev–Trinajstić information content (AvgIpc) is 2.74. The van der Waals surface area contributed by atoms with Crippen LogP contribution < -0.4 is 11.2 Å². The van der Waals surface area contributed by atoms with Gasteiger partial charge < -0.3 is 0 Å². The Labute approximate surface area is 110 Å². The van der Waals surface area contributed by atoms with Crippen LogP contribution in [0.3, 0.4) is 0 Å². The molecule has 1 aromatic carbocycles. The number of hydrogen-bond acceptors (Lipinski definition) is 3. The van der Waals surface area contributed by atoms with Crippen molar-refractivity contribution in [3.8, 4) is 11.1 Å². The molecule has 0 aliphatic rings. The zero-order chi connectivity index (χ0) is 12.7. The van der Waals surface area contributed by atoms with E-state index in [2.05, 4.69) is 9.97 Å². The van der Waals surface area contributed by atoms with Gasteiger partial charge in [-0.05, 0) is 17.7 Å². The number of thiophene rings is 1. The predicted molar refractivity (Wildman–Crippen MR) is 73.5 cm³/mol. The Kier molecular flexibility index (Phi) is 2.57. The standard InChI is InChI=1S/C12H7ClN2O2S/c13-7-3-1-6(2-4-7)8-5-18-11-9(8)10(16)14-12(17)15-11/h1-5H,(H2,14,15,16,17). The summed E-state index contributed by atoms with van der Waals surface area (Å²) in [6.07, 6.45) is 0. The van der Waals surface area contributed by atoms with Crippen molar-refractivity contribution < 1.29 is 0 Å². The molecule has 0 radical (unpaired) electrons. The SMILES string of the molecule is O=c1[nH]c(=O)c2c(-c3ccc(Cl)cc3)csc2[nH]1. The van der Waals surface area contributed by atoms with Crippen molar-refractivity contribution in [1.29, 1.82) is 0 Å². The van der Waals surface area contributed by atoms with Crippen molar-refractivity contribution in [2.24, 2.45) is 0 Å². The third kappa shape index (κ3) is 1.77. The predicted octanol–water partition coefficient (Wildman–Crippen LogP) is 2.60. The first-order valence-corrected chi connectivity index (χ1v) is 6.40. The fraction of sp³-hybridized carbons (Fsp3) is 0. The molecule has 0 fully saturated rings. The van der Waals surface area contributed by atoms with Gasteiger partial charge in [0, 0.05) is 16.0 Å². The van der Waals surface area contributed by atoms with Crippen LogP contribution in [0.1, 0.15) is 0 Å². The van der Waals surface area contributed by atoms with Gasteiger partial charge in [0.15, 0.2) is 0 Å². The van der Waals surface area contributed by atoms with Crippen LogP contribution in [0, 0.1) is 0 Å². The maximum Gasteiger partial charge on any atom is 0.326 e. The van der Waals surface area contributed by atoms with Crippen molar-refractivity contribution in [1.82, 2.24) is 9.97 Å². The van der Waals surface area contributed by atoms with Gasteiger partial charge in [0.25, 0.3) is 5.56 Å². The van der Waals surface area contributed by atoms with Gasteiger partial charge >= 0.3 is 5.69 Å². The zero-order valence-electron chi connectivity index (χ0n) is 8.99. The Balaban J connectivity index is 2.34. The van der Waals surface area contributed by atoms with Crippen LogP contribution in [0.5, 0.6) is 0 Å². The lowest BCUT2D eigenvalue weighted by molar-refractivity contribution is 1.09. The second-order valence-electron chi connectivity index (χ2n) is 3.77. The average molecular weight is 279 g/mol. The van der Waals surface area contributed by atoms with Crippen LogP contribution in [-0.4, -0.2) is 9.97 Å². The number of rotatable bonds is 1. The highest BCUT2D eigenvalue weighted by Crippen LogP contribution is 2.30. The normalized spacial score (nSPS) is 10.9. The van der Waals surface area contributed by atoms with E-state index in [1.807, 2.05) is 17.5 Å². The molecule has 0 amide bonds. The first-order chi connectivity index (χ1) is 8.65. The van der Waals surface area contributed by atoms with Crippen LogP contribution in [-0.2, 0) is 0 Å². The highest BCUT2D eigenvalue weighted by molar-refractivity contribution is 7.17. The van der Waals surface area contributed by atoms with Crippen LogP contribution in [0.2, 0.25) is 5.02 Å². The van der Waals surface area contributed by atoms with Crippen molar-refractivity contribution >= 4 is 33.2 Å². The molecular formula is C12H7ClN2O2S. The summed E-state index contributed by atoms with van der Waals surface area (Å²) in [7, 11) is 0. The monoisotopic (exact) mass is 278 g/mol. The Morgan fingerprint density at radius 3 is 2.50 bits per heavy atom. The Bertz CT molecular complexity index is 830. The number of halogens is 1. The molecule has 18 heavy (non-hydrogen) atoms. The minimum Gasteiger partial charge on any atom is -0.298 e. The first-order valence-electron chi connectivity index (χ1n) is 5.15. The van der Waals surface area contributed by atoms with Gasteiger partial charge in [-0.1, -0.05) is 23.7 Å². The molecular weight excluding hydrogens is 272 g/mol. The summed E-state index contributed by atoms with van der Waals surface area (Å²) < 4.78 is 0. The quantitative estimate of drug-likeness (QED) is 0.718. The molecule has 0 spiro atoms. The number of hydrogen-bond donors (Lipinski definition) is 2. The molecule has 0 bridgehead atoms. The number of aromatic nitrogens is 2. The maximum absolute atomic E-state index is 11.8. The van der Waals surface area contributed by atoms with Gasteiger partial charge in [-0.25, -0.2) is 4.79 Å². The molecule has 0 aliphatic carbocycles. The molecule has 3 rings (SSSR count). The van der Waals surface area contributed by atoms with Gasteiger partial charge in [0.2, 0.25) is 0 Å². The van der Waals surface area contributed by atoms with Gasteiger partial charge in [0.1, 0.15) is 4.83 Å². The third-order valence-corrected chi connectivity index (χ3v) is 3.77. The Morgan fingerprint density at radius 1 is 1.06 bits per heavy atom. The van der Waals surface area contributed by atoms with Crippen LogP contribution in [0.4, 0.5) is 0 Å². The summed E-state index contributed by atoms with van der Waals surface area (Å²) in [5.74, 6) is 0. The highest BCUT2D eigenvalue weighted by atomic mass is 35.5. The summed E-state index contributed by atoms with van der Waals surface area (Å²) in [6, 6.07) is 7.21. The largest absolute Gasteiger partial charge is 0.326 e. The van der Waals surface area contributed by atoms with E-state index >= 15 is 0 Å². The summed E-state index contributed by atoms with van der Waals surface area (Å²) in [5, 5.41) is 2.99. The molecule has 90 valence electrons. The summed E-state index contributed by atoms with van der Waals surface area (Å²) in [5.41, 5.74) is 0.823. The summed E-state index contributed by atoms with van der Waals surface area (Å²) in [6.45, 7) is 0. The van der Waals surface area contributed by atoms with Crippen molar-refractivity contribution in [2.45, 2.75) is 0 Å². The van der Waals surface area contributed by atoms with Crippen molar-refractivity contribution in [3.63, 3.8) is 0 Å². The van der Waals surface area contributed by atoms with Gasteiger partial charge in [-0.3, -0.25) is 14.8 Å². The lowest BCUT2D eigenvalue weighted by Crippen LogP contribution is -2.21. The van der Waals surface area contributed by atoms with Gasteiger partial charge in [-0.15, -0.1) is 11.3 Å². The molecule has 0 atom stereocenters. The molecule has 2 aromatic heterocycles. The van der Waals surface area contributed by atoms with Crippen LogP contribution in [0.25, 0.3) is 21.3 Å². The lowest BCUT2D eigenvalue weighted by Gasteiger charge is -1.99. The second kappa shape index (κ2) is 4.12. The third-order valence-electron chi connectivity index (χ3n) is 2.63. The van der Waals surface area contributed by atoms with Crippen LogP contribution in [0.15, 0.2) is 39.2 Å². The van der Waals surface area contributed by atoms with E-state index in [4.69, 9.17) is 11.6 Å². The Hall–Kier alpha value is -1.85. The zero-order valence-corrected chi connectivity index (χ0v) is 10.6. The van der Waals surface area contributed by atoms with Crippen LogP contribution >= 0.6 is 22.9 Å². The second-order valence-corrected chi connectivity index (χ2v) is 5.08. The summed E-state index contributed by atoms with van der Waals surface area (Å²) >= 11 is 7.16. The van der Waals surface area contributed by atoms with E-state index in [1.54, 1.807) is 12.1 Å². The van der Waals surface area contributed by atoms with E-state index in [-0.39, 0.29) is 5.56 Å². The van der Waals surface area contributed by atoms with E-state index < -0.39 is 5.69 Å². The van der Waals surface area contributed by atoms with E-state index in [9.17, 15) is 9.59 Å². The molecule has 2 heterocycles. The highest BCUT2D eigenvalue weighted by Gasteiger charge is 2.10. The maximum atomic E-state index is 11.8. The molecule has 2 N–H and O–H groups in total. The fourth-order valence-corrected chi connectivity index (χ4v) is 2.90. The van der Waals surface area contributed by atoms with E-state index in [0.29, 0.717) is 15.2 Å². The lowest BCUT2D eigenvalue weighted by atomic mass is 10.1. The van der Waals surface area contributed by atoms with E-state index in [0.717, 1.165) is 11.1 Å². The molecule has 0 saturated carbocycles.